The number of ether oxygens (including phenoxy) is 1. The lowest BCUT2D eigenvalue weighted by Gasteiger charge is -2.36. The van der Waals surface area contributed by atoms with Crippen molar-refractivity contribution in [3.05, 3.63) is 47.3 Å². The zero-order valence-electron chi connectivity index (χ0n) is 18.5. The molecule has 2 atom stereocenters. The number of rotatable bonds is 5. The molecule has 7 heteroatoms. The Morgan fingerprint density at radius 3 is 2.55 bits per heavy atom. The Morgan fingerprint density at radius 1 is 1.19 bits per heavy atom. The standard InChI is InChI=1S/C24H29N3O4/c1-15-7-5-6-12-24(15)22(29)26(23(30)25-24)14-21(28)20-13-16(2)27(17(20)3)18-8-10-19(31-4)11-9-18/h8-11,13,15H,5-7,12,14H2,1-4H3,(H,25,30)/t15-,24-/m0/s1. The molecule has 2 fully saturated rings. The molecule has 0 unspecified atom stereocenters. The molecule has 7 nitrogen and oxygen atoms in total. The fraction of sp³-hybridized carbons (Fsp3) is 0.458. The first kappa shape index (κ1) is 21.2. The van der Waals surface area contributed by atoms with Gasteiger partial charge in [-0.3, -0.25) is 14.5 Å². The van der Waals surface area contributed by atoms with Gasteiger partial charge in [0.05, 0.1) is 13.7 Å². The van der Waals surface area contributed by atoms with Crippen molar-refractivity contribution in [3.63, 3.8) is 0 Å². The number of aryl methyl sites for hydroxylation is 1. The maximum atomic E-state index is 13.2. The molecule has 1 aromatic carbocycles. The highest BCUT2D eigenvalue weighted by atomic mass is 16.5. The van der Waals surface area contributed by atoms with Crippen molar-refractivity contribution in [2.75, 3.05) is 13.7 Å². The lowest BCUT2D eigenvalue weighted by molar-refractivity contribution is -0.133. The minimum Gasteiger partial charge on any atom is -0.497 e. The smallest absolute Gasteiger partial charge is 0.325 e. The zero-order valence-corrected chi connectivity index (χ0v) is 18.5. The van der Waals surface area contributed by atoms with E-state index in [4.69, 9.17) is 4.74 Å². The van der Waals surface area contributed by atoms with Gasteiger partial charge in [0.15, 0.2) is 5.78 Å². The van der Waals surface area contributed by atoms with Crippen molar-refractivity contribution in [2.45, 2.75) is 52.0 Å². The van der Waals surface area contributed by atoms with Crippen LogP contribution in [0, 0.1) is 19.8 Å². The number of nitrogens with zero attached hydrogens (tertiary/aromatic N) is 2. The quantitative estimate of drug-likeness (QED) is 0.586. The van der Waals surface area contributed by atoms with E-state index in [0.29, 0.717) is 12.0 Å². The highest BCUT2D eigenvalue weighted by Gasteiger charge is 2.55. The highest BCUT2D eigenvalue weighted by Crippen LogP contribution is 2.38. The summed E-state index contributed by atoms with van der Waals surface area (Å²) in [5.74, 6) is 0.323. The number of methoxy groups -OCH3 is 1. The summed E-state index contributed by atoms with van der Waals surface area (Å²) in [6.07, 6.45) is 3.50. The minimum atomic E-state index is -0.852. The number of benzene rings is 1. The van der Waals surface area contributed by atoms with Gasteiger partial charge in [0.25, 0.3) is 5.91 Å². The van der Waals surface area contributed by atoms with Crippen LogP contribution in [0.1, 0.15) is 54.4 Å². The summed E-state index contributed by atoms with van der Waals surface area (Å²) in [5, 5.41) is 2.91. The second-order valence-corrected chi connectivity index (χ2v) is 8.68. The molecule has 0 bridgehead atoms. The third-order valence-electron chi connectivity index (χ3n) is 6.87. The Bertz CT molecular complexity index is 1040. The van der Waals surface area contributed by atoms with Crippen LogP contribution in [-0.4, -0.2) is 46.4 Å². The van der Waals surface area contributed by atoms with E-state index in [1.54, 1.807) is 7.11 Å². The summed E-state index contributed by atoms with van der Waals surface area (Å²) in [4.78, 5) is 40.1. The number of Topliss-reactive ketones (excluding diaryl/α,β-unsaturated/α-hetero) is 1. The summed E-state index contributed by atoms with van der Waals surface area (Å²) < 4.78 is 7.21. The second-order valence-electron chi connectivity index (χ2n) is 8.68. The molecule has 2 heterocycles. The third kappa shape index (κ3) is 3.42. The molecule has 2 aromatic rings. The molecule has 1 N–H and O–H groups in total. The second kappa shape index (κ2) is 7.87. The number of aromatic nitrogens is 1. The molecule has 164 valence electrons. The van der Waals surface area contributed by atoms with Gasteiger partial charge in [0.2, 0.25) is 0 Å². The molecule has 2 aliphatic rings. The van der Waals surface area contributed by atoms with Gasteiger partial charge in [0.1, 0.15) is 11.3 Å². The van der Waals surface area contributed by atoms with Crippen molar-refractivity contribution < 1.29 is 19.1 Å². The average molecular weight is 424 g/mol. The number of hydrogen-bond acceptors (Lipinski definition) is 4. The van der Waals surface area contributed by atoms with Crippen molar-refractivity contribution in [2.24, 2.45) is 5.92 Å². The van der Waals surface area contributed by atoms with Crippen molar-refractivity contribution in [1.29, 1.82) is 0 Å². The van der Waals surface area contributed by atoms with E-state index in [1.165, 1.54) is 0 Å². The molecule has 1 aliphatic carbocycles. The Kier molecular flexibility index (Phi) is 5.37. The average Bonchev–Trinajstić information content (AvgIpc) is 3.18. The Hall–Kier alpha value is -3.09. The van der Waals surface area contributed by atoms with Crippen LogP contribution in [0.5, 0.6) is 5.75 Å². The summed E-state index contributed by atoms with van der Waals surface area (Å²) in [5.41, 5.74) is 2.27. The maximum absolute atomic E-state index is 13.2. The van der Waals surface area contributed by atoms with Gasteiger partial charge in [-0.1, -0.05) is 19.8 Å². The predicted octanol–water partition coefficient (Wildman–Crippen LogP) is 3.79. The number of nitrogens with one attached hydrogen (secondary N) is 1. The van der Waals surface area contributed by atoms with Crippen LogP contribution in [-0.2, 0) is 4.79 Å². The number of carbonyl (C=O) groups is 3. The topological polar surface area (TPSA) is 80.6 Å². The predicted molar refractivity (Wildman–Crippen MR) is 117 cm³/mol. The Balaban J connectivity index is 1.58. The van der Waals surface area contributed by atoms with Crippen LogP contribution in [0.2, 0.25) is 0 Å². The summed E-state index contributed by atoms with van der Waals surface area (Å²) in [6.45, 7) is 5.57. The normalized spacial score (nSPS) is 23.4. The van der Waals surface area contributed by atoms with Crippen LogP contribution in [0.15, 0.2) is 30.3 Å². The van der Waals surface area contributed by atoms with E-state index in [0.717, 1.165) is 47.0 Å². The van der Waals surface area contributed by atoms with Crippen LogP contribution in [0.25, 0.3) is 5.69 Å². The molecule has 4 rings (SSSR count). The van der Waals surface area contributed by atoms with Gasteiger partial charge in [-0.15, -0.1) is 0 Å². The van der Waals surface area contributed by atoms with E-state index in [-0.39, 0.29) is 24.2 Å². The first-order chi connectivity index (χ1) is 14.8. The van der Waals surface area contributed by atoms with Crippen LogP contribution in [0.4, 0.5) is 4.79 Å². The van der Waals surface area contributed by atoms with Crippen molar-refractivity contribution >= 4 is 17.7 Å². The van der Waals surface area contributed by atoms with Gasteiger partial charge in [0, 0.05) is 22.6 Å². The van der Waals surface area contributed by atoms with Crippen LogP contribution in [0.3, 0.4) is 0 Å². The number of ketones is 1. The SMILES string of the molecule is COc1ccc(-n2c(C)cc(C(=O)CN3C(=O)N[C@]4(CCCC[C@@H]4C)C3=O)c2C)cc1. The Morgan fingerprint density at radius 2 is 1.90 bits per heavy atom. The van der Waals surface area contributed by atoms with Crippen molar-refractivity contribution in [3.8, 4) is 11.4 Å². The van der Waals surface area contributed by atoms with E-state index >= 15 is 0 Å². The minimum absolute atomic E-state index is 0.0675. The zero-order chi connectivity index (χ0) is 22.3. The molecule has 31 heavy (non-hydrogen) atoms. The summed E-state index contributed by atoms with van der Waals surface area (Å²) >= 11 is 0. The van der Waals surface area contributed by atoms with E-state index < -0.39 is 11.6 Å². The molecular weight excluding hydrogens is 394 g/mol. The third-order valence-corrected chi connectivity index (χ3v) is 6.87. The number of imide groups is 1. The Labute approximate surface area is 182 Å². The van der Waals surface area contributed by atoms with E-state index in [2.05, 4.69) is 5.32 Å². The lowest BCUT2D eigenvalue weighted by atomic mass is 9.73. The number of amides is 3. The summed E-state index contributed by atoms with van der Waals surface area (Å²) in [7, 11) is 1.62. The maximum Gasteiger partial charge on any atom is 0.325 e. The van der Waals surface area contributed by atoms with E-state index in [1.807, 2.05) is 55.7 Å². The van der Waals surface area contributed by atoms with Crippen molar-refractivity contribution in [1.82, 2.24) is 14.8 Å². The molecule has 1 spiro atoms. The molecule has 1 aliphatic heterocycles. The highest BCUT2D eigenvalue weighted by molar-refractivity contribution is 6.11. The van der Waals surface area contributed by atoms with Gasteiger partial charge >= 0.3 is 6.03 Å². The summed E-state index contributed by atoms with van der Waals surface area (Å²) in [6, 6.07) is 8.95. The number of urea groups is 1. The lowest BCUT2D eigenvalue weighted by Crippen LogP contribution is -2.54. The van der Waals surface area contributed by atoms with Gasteiger partial charge in [-0.25, -0.2) is 4.79 Å². The molecule has 1 saturated heterocycles. The molecule has 0 radical (unpaired) electrons. The molecular formula is C24H29N3O4. The molecule has 1 aromatic heterocycles. The largest absolute Gasteiger partial charge is 0.497 e. The molecule has 1 saturated carbocycles. The fourth-order valence-corrected chi connectivity index (χ4v) is 5.04. The van der Waals surface area contributed by atoms with Gasteiger partial charge < -0.3 is 14.6 Å². The first-order valence-corrected chi connectivity index (χ1v) is 10.8. The van der Waals surface area contributed by atoms with Crippen LogP contribution >= 0.6 is 0 Å². The fourth-order valence-electron chi connectivity index (χ4n) is 5.04. The number of carbonyl (C=O) groups excluding carboxylic acids is 3. The molecule has 3 amide bonds. The first-order valence-electron chi connectivity index (χ1n) is 10.8. The van der Waals surface area contributed by atoms with Crippen LogP contribution < -0.4 is 10.1 Å². The van der Waals surface area contributed by atoms with Gasteiger partial charge in [-0.2, -0.15) is 0 Å². The number of hydrogen-bond donors (Lipinski definition) is 1. The van der Waals surface area contributed by atoms with E-state index in [9.17, 15) is 14.4 Å². The monoisotopic (exact) mass is 423 g/mol. The van der Waals surface area contributed by atoms with Gasteiger partial charge in [-0.05, 0) is 62.9 Å².